The van der Waals surface area contributed by atoms with E-state index in [1.54, 1.807) is 28.8 Å². The maximum Gasteiger partial charge on any atom is 0.426 e. The van der Waals surface area contributed by atoms with Gasteiger partial charge in [-0.1, -0.05) is 0 Å². The Bertz CT molecular complexity index is 1320. The summed E-state index contributed by atoms with van der Waals surface area (Å²) in [6, 6.07) is 3.07. The number of benzene rings is 1. The Morgan fingerprint density at radius 3 is 2.41 bits per heavy atom. The monoisotopic (exact) mass is 535 g/mol. The third kappa shape index (κ3) is 4.50. The van der Waals surface area contributed by atoms with E-state index in [1.807, 2.05) is 26.2 Å². The minimum absolute atomic E-state index is 0.0258. The number of ether oxygens (including phenoxy) is 2. The number of carbonyl (C=O) groups excluding carboxylic acids is 1. The number of aryl methyl sites for hydroxylation is 1. The van der Waals surface area contributed by atoms with Crippen LogP contribution < -0.4 is 9.64 Å². The lowest BCUT2D eigenvalue weighted by atomic mass is 9.88. The van der Waals surface area contributed by atoms with Crippen LogP contribution >= 0.6 is 11.3 Å². The number of thiazole rings is 1. The second-order valence-electron chi connectivity index (χ2n) is 11.1. The summed E-state index contributed by atoms with van der Waals surface area (Å²) >= 11 is 1.42. The van der Waals surface area contributed by atoms with Gasteiger partial charge in [0.05, 0.1) is 12.1 Å². The van der Waals surface area contributed by atoms with Gasteiger partial charge in [0.2, 0.25) is 5.95 Å². The molecule has 0 radical (unpaired) electrons. The van der Waals surface area contributed by atoms with Gasteiger partial charge in [-0.25, -0.2) is 14.8 Å². The molecule has 3 aliphatic heterocycles. The third-order valence-corrected chi connectivity index (χ3v) is 7.46. The van der Waals surface area contributed by atoms with Gasteiger partial charge in [-0.05, 0) is 53.2 Å². The number of halogens is 2. The van der Waals surface area contributed by atoms with Crippen LogP contribution in [0.15, 0.2) is 23.7 Å². The van der Waals surface area contributed by atoms with Crippen LogP contribution in [0.1, 0.15) is 41.0 Å². The summed E-state index contributed by atoms with van der Waals surface area (Å²) in [7, 11) is 1.75. The van der Waals surface area contributed by atoms with Crippen molar-refractivity contribution in [1.82, 2.24) is 19.4 Å². The highest BCUT2D eigenvalue weighted by molar-refractivity contribution is 7.13. The first kappa shape index (κ1) is 25.7. The fourth-order valence-electron chi connectivity index (χ4n) is 4.82. The second kappa shape index (κ2) is 8.52. The molecule has 0 saturated carbocycles. The van der Waals surface area contributed by atoms with Gasteiger partial charge in [0.15, 0.2) is 11.4 Å². The molecule has 2 unspecified atom stereocenters. The van der Waals surface area contributed by atoms with Crippen molar-refractivity contribution in [2.24, 2.45) is 7.05 Å². The van der Waals surface area contributed by atoms with Gasteiger partial charge < -0.3 is 24.0 Å². The Balaban J connectivity index is 1.51. The smallest absolute Gasteiger partial charge is 0.426 e. The van der Waals surface area contributed by atoms with E-state index in [0.29, 0.717) is 40.6 Å². The van der Waals surface area contributed by atoms with Crippen molar-refractivity contribution in [1.29, 1.82) is 0 Å². The molecule has 0 aliphatic carbocycles. The van der Waals surface area contributed by atoms with Crippen molar-refractivity contribution in [3.8, 4) is 16.3 Å². The second-order valence-corrected chi connectivity index (χ2v) is 12.0. The summed E-state index contributed by atoms with van der Waals surface area (Å²) in [5.74, 6) is 0.482. The highest BCUT2D eigenvalue weighted by atomic mass is 32.1. The van der Waals surface area contributed by atoms with Gasteiger partial charge in [0.25, 0.3) is 0 Å². The number of fused-ring (bicyclic) bond motifs is 3. The molecule has 200 valence electrons. The number of rotatable bonds is 5. The molecular formula is C25H31F2N5O4S. The van der Waals surface area contributed by atoms with Crippen molar-refractivity contribution >= 4 is 34.4 Å². The van der Waals surface area contributed by atoms with Crippen molar-refractivity contribution < 1.29 is 28.2 Å². The van der Waals surface area contributed by atoms with E-state index >= 15 is 0 Å². The molecule has 2 atom stereocenters. The SMILES string of the molecule is Cn1c(N2CC3CC(C2)N3C(=O)OC(C)(C)C)nc2c(-c3nccs3)ccc(OC(F)(F)C(C)(C)O)c21. The van der Waals surface area contributed by atoms with Gasteiger partial charge >= 0.3 is 12.2 Å². The highest BCUT2D eigenvalue weighted by Crippen LogP contribution is 2.42. The molecule has 1 N–H and O–H groups in total. The predicted molar refractivity (Wildman–Crippen MR) is 136 cm³/mol. The lowest BCUT2D eigenvalue weighted by Gasteiger charge is -2.55. The van der Waals surface area contributed by atoms with E-state index in [-0.39, 0.29) is 23.9 Å². The topological polar surface area (TPSA) is 93.0 Å². The number of hydrogen-bond donors (Lipinski definition) is 1. The van der Waals surface area contributed by atoms with E-state index < -0.39 is 17.3 Å². The Hall–Kier alpha value is -2.99. The number of nitrogens with zero attached hydrogens (tertiary/aromatic N) is 5. The fraction of sp³-hybridized carbons (Fsp3) is 0.560. The van der Waals surface area contributed by atoms with Crippen LogP contribution in [0.3, 0.4) is 0 Å². The van der Waals surface area contributed by atoms with E-state index in [0.717, 1.165) is 20.3 Å². The van der Waals surface area contributed by atoms with Crippen molar-refractivity contribution in [3.63, 3.8) is 0 Å². The van der Waals surface area contributed by atoms with Gasteiger partial charge in [-0.2, -0.15) is 8.78 Å². The zero-order valence-electron chi connectivity index (χ0n) is 21.7. The largest absolute Gasteiger partial charge is 0.444 e. The molecule has 6 rings (SSSR count). The van der Waals surface area contributed by atoms with Gasteiger partial charge in [0.1, 0.15) is 21.6 Å². The molecular weight excluding hydrogens is 504 g/mol. The summed E-state index contributed by atoms with van der Waals surface area (Å²) in [5.41, 5.74) is -1.43. The molecule has 5 heterocycles. The summed E-state index contributed by atoms with van der Waals surface area (Å²) < 4.78 is 41.9. The summed E-state index contributed by atoms with van der Waals surface area (Å²) in [4.78, 5) is 25.8. The number of carbonyl (C=O) groups is 1. The molecule has 3 aromatic rings. The number of amides is 1. The fourth-order valence-corrected chi connectivity index (χ4v) is 5.48. The van der Waals surface area contributed by atoms with Crippen molar-refractivity contribution in [2.45, 2.75) is 70.4 Å². The molecule has 37 heavy (non-hydrogen) atoms. The standard InChI is InChI=1S/C25H31F2N5O4S/c1-23(2,3)36-22(33)32-14-11-15(32)13-31(12-14)21-29-18-16(20-28-9-10-37-20)7-8-17(19(18)30(21)6)35-25(26,27)24(4,5)34/h7-10,14-15,34H,11-13H2,1-6H3. The number of aromatic nitrogens is 3. The number of piperidine rings is 1. The number of aliphatic hydroxyl groups is 1. The average molecular weight is 536 g/mol. The van der Waals surface area contributed by atoms with Crippen LogP contribution in [0.2, 0.25) is 0 Å². The Morgan fingerprint density at radius 1 is 1.16 bits per heavy atom. The van der Waals surface area contributed by atoms with E-state index in [9.17, 15) is 18.7 Å². The summed E-state index contributed by atoms with van der Waals surface area (Å²) in [6.07, 6.45) is -1.62. The molecule has 2 aromatic heterocycles. The third-order valence-electron chi connectivity index (χ3n) is 6.65. The van der Waals surface area contributed by atoms with E-state index in [1.165, 1.54) is 17.4 Å². The maximum atomic E-state index is 14.7. The minimum Gasteiger partial charge on any atom is -0.444 e. The number of anilines is 1. The van der Waals surface area contributed by atoms with Crippen LogP contribution in [0.5, 0.6) is 5.75 Å². The number of imidazole rings is 1. The van der Waals surface area contributed by atoms with Crippen LogP contribution in [0, 0.1) is 0 Å². The molecule has 12 heteroatoms. The van der Waals surface area contributed by atoms with Gasteiger partial charge in [-0.3, -0.25) is 4.90 Å². The van der Waals surface area contributed by atoms with E-state index in [4.69, 9.17) is 14.5 Å². The molecule has 1 aromatic carbocycles. The minimum atomic E-state index is -3.84. The maximum absolute atomic E-state index is 14.7. The number of hydrogen-bond acceptors (Lipinski definition) is 8. The van der Waals surface area contributed by atoms with Crippen LogP contribution in [-0.4, -0.2) is 73.1 Å². The molecule has 3 aliphatic rings. The van der Waals surface area contributed by atoms with Crippen LogP contribution in [0.25, 0.3) is 21.6 Å². The predicted octanol–water partition coefficient (Wildman–Crippen LogP) is 4.64. The van der Waals surface area contributed by atoms with Crippen molar-refractivity contribution in [3.05, 3.63) is 23.7 Å². The van der Waals surface area contributed by atoms with Gasteiger partial charge in [0, 0.05) is 37.3 Å². The first-order chi connectivity index (χ1) is 17.2. The molecule has 1 amide bonds. The lowest BCUT2D eigenvalue weighted by molar-refractivity contribution is -0.275. The normalized spacial score (nSPS) is 20.2. The molecule has 2 bridgehead atoms. The lowest BCUT2D eigenvalue weighted by Crippen LogP contribution is -2.71. The molecule has 0 spiro atoms. The van der Waals surface area contributed by atoms with Gasteiger partial charge in [-0.15, -0.1) is 11.3 Å². The average Bonchev–Trinajstić information content (AvgIpc) is 3.40. The molecule has 3 saturated heterocycles. The molecule has 9 nitrogen and oxygen atoms in total. The zero-order valence-corrected chi connectivity index (χ0v) is 22.5. The molecule has 3 fully saturated rings. The number of alkyl halides is 2. The Labute approximate surface area is 217 Å². The van der Waals surface area contributed by atoms with Crippen molar-refractivity contribution in [2.75, 3.05) is 18.0 Å². The zero-order chi connectivity index (χ0) is 26.9. The highest BCUT2D eigenvalue weighted by Gasteiger charge is 2.50. The van der Waals surface area contributed by atoms with Crippen LogP contribution in [0.4, 0.5) is 19.5 Å². The summed E-state index contributed by atoms with van der Waals surface area (Å²) in [6.45, 7) is 8.59. The Morgan fingerprint density at radius 2 is 1.84 bits per heavy atom. The van der Waals surface area contributed by atoms with E-state index in [2.05, 4.69) is 9.88 Å². The van der Waals surface area contributed by atoms with Crippen LogP contribution in [-0.2, 0) is 11.8 Å². The first-order valence-corrected chi connectivity index (χ1v) is 13.0. The first-order valence-electron chi connectivity index (χ1n) is 12.1. The number of piperazine rings is 1. The quantitative estimate of drug-likeness (QED) is 0.509. The summed E-state index contributed by atoms with van der Waals surface area (Å²) in [5, 5.41) is 12.5. The Kier molecular flexibility index (Phi) is 5.91.